The van der Waals surface area contributed by atoms with Crippen LogP contribution in [0.3, 0.4) is 0 Å². The fraction of sp³-hybridized carbons (Fsp3) is 0.286. The highest BCUT2D eigenvalue weighted by Crippen LogP contribution is 2.38. The van der Waals surface area contributed by atoms with Gasteiger partial charge in [-0.3, -0.25) is 4.79 Å². The molecule has 0 unspecified atom stereocenters. The normalized spacial score (nSPS) is 10.4. The van der Waals surface area contributed by atoms with Crippen molar-refractivity contribution in [3.63, 3.8) is 0 Å². The van der Waals surface area contributed by atoms with Crippen LogP contribution in [0.25, 0.3) is 0 Å². The van der Waals surface area contributed by atoms with Gasteiger partial charge in [-0.2, -0.15) is 0 Å². The fourth-order valence-corrected chi connectivity index (χ4v) is 3.86. The number of hydrogen-bond donors (Lipinski definition) is 1. The van der Waals surface area contributed by atoms with Crippen LogP contribution >= 0.6 is 0 Å². The monoisotopic (exact) mass is 493 g/mol. The second kappa shape index (κ2) is 13.0. The Kier molecular flexibility index (Phi) is 9.56. The van der Waals surface area contributed by atoms with E-state index in [1.54, 1.807) is 35.2 Å². The number of carboxylic acids is 1. The predicted molar refractivity (Wildman–Crippen MR) is 135 cm³/mol. The summed E-state index contributed by atoms with van der Waals surface area (Å²) in [4.78, 5) is 26.3. The maximum atomic E-state index is 13.7. The van der Waals surface area contributed by atoms with Gasteiger partial charge in [0.2, 0.25) is 5.75 Å². The van der Waals surface area contributed by atoms with Crippen molar-refractivity contribution in [3.05, 3.63) is 83.4 Å². The van der Waals surface area contributed by atoms with Gasteiger partial charge in [0.05, 0.1) is 21.3 Å². The minimum absolute atomic E-state index is 0.195. The SMILES string of the molecule is COc1cc(C(=O)N(CCCc2ccccc2)Cc2cccc(OCC(=O)O)c2)cc(OC)c1OC. The summed E-state index contributed by atoms with van der Waals surface area (Å²) in [5, 5.41) is 8.89. The number of carbonyl (C=O) groups is 2. The van der Waals surface area contributed by atoms with Crippen LogP contribution in [0.4, 0.5) is 0 Å². The summed E-state index contributed by atoms with van der Waals surface area (Å²) in [6.07, 6.45) is 1.58. The molecule has 3 aromatic carbocycles. The Balaban J connectivity index is 1.86. The van der Waals surface area contributed by atoms with Crippen LogP contribution in [0, 0.1) is 0 Å². The van der Waals surface area contributed by atoms with Gasteiger partial charge in [-0.25, -0.2) is 4.79 Å². The average molecular weight is 494 g/mol. The van der Waals surface area contributed by atoms with Crippen LogP contribution in [0.2, 0.25) is 0 Å². The molecule has 0 atom stereocenters. The number of carbonyl (C=O) groups excluding carboxylic acids is 1. The zero-order valence-corrected chi connectivity index (χ0v) is 20.7. The number of benzene rings is 3. The molecule has 0 aliphatic carbocycles. The highest BCUT2D eigenvalue weighted by molar-refractivity contribution is 5.95. The highest BCUT2D eigenvalue weighted by atomic mass is 16.5. The summed E-state index contributed by atoms with van der Waals surface area (Å²) in [6.45, 7) is 0.383. The Morgan fingerprint density at radius 2 is 1.50 bits per heavy atom. The van der Waals surface area contributed by atoms with Crippen molar-refractivity contribution >= 4 is 11.9 Å². The van der Waals surface area contributed by atoms with Crippen LogP contribution in [0.5, 0.6) is 23.0 Å². The standard InChI is InChI=1S/C28H31NO7/c1-33-24-16-22(17-25(34-2)27(24)35-3)28(32)29(14-8-12-20-9-5-4-6-10-20)18-21-11-7-13-23(15-21)36-19-26(30)31/h4-7,9-11,13,15-17H,8,12,14,18-19H2,1-3H3,(H,30,31). The number of rotatable bonds is 13. The molecular formula is C28H31NO7. The van der Waals surface area contributed by atoms with Crippen molar-refractivity contribution < 1.29 is 33.6 Å². The van der Waals surface area contributed by atoms with E-state index in [9.17, 15) is 9.59 Å². The van der Waals surface area contributed by atoms with E-state index in [0.29, 0.717) is 41.7 Å². The lowest BCUT2D eigenvalue weighted by Crippen LogP contribution is -2.32. The Bertz CT molecular complexity index is 1140. The largest absolute Gasteiger partial charge is 0.493 e. The zero-order valence-electron chi connectivity index (χ0n) is 20.7. The van der Waals surface area contributed by atoms with Gasteiger partial charge in [0.1, 0.15) is 5.75 Å². The van der Waals surface area contributed by atoms with E-state index < -0.39 is 12.6 Å². The molecule has 0 spiro atoms. The first-order valence-electron chi connectivity index (χ1n) is 11.5. The maximum Gasteiger partial charge on any atom is 0.341 e. The molecule has 0 aromatic heterocycles. The summed E-state index contributed by atoms with van der Waals surface area (Å²) < 4.78 is 21.6. The molecule has 0 saturated carbocycles. The summed E-state index contributed by atoms with van der Waals surface area (Å²) in [5.41, 5.74) is 2.42. The van der Waals surface area contributed by atoms with Gasteiger partial charge < -0.3 is 29.0 Å². The molecule has 8 heteroatoms. The Hall–Kier alpha value is -4.20. The first-order valence-corrected chi connectivity index (χ1v) is 11.5. The number of amides is 1. The molecule has 0 saturated heterocycles. The van der Waals surface area contributed by atoms with Gasteiger partial charge in [0.25, 0.3) is 5.91 Å². The Labute approximate surface area is 211 Å². The van der Waals surface area contributed by atoms with Gasteiger partial charge in [0.15, 0.2) is 18.1 Å². The van der Waals surface area contributed by atoms with E-state index in [-0.39, 0.29) is 5.91 Å². The minimum atomic E-state index is -1.06. The molecule has 0 heterocycles. The topological polar surface area (TPSA) is 94.5 Å². The smallest absolute Gasteiger partial charge is 0.341 e. The van der Waals surface area contributed by atoms with Gasteiger partial charge >= 0.3 is 5.97 Å². The number of methoxy groups -OCH3 is 3. The van der Waals surface area contributed by atoms with Crippen molar-refractivity contribution in [2.75, 3.05) is 34.5 Å². The third kappa shape index (κ3) is 7.15. The van der Waals surface area contributed by atoms with Crippen molar-refractivity contribution in [1.29, 1.82) is 0 Å². The van der Waals surface area contributed by atoms with E-state index in [1.165, 1.54) is 26.9 Å². The molecular weight excluding hydrogens is 462 g/mol. The number of ether oxygens (including phenoxy) is 4. The molecule has 36 heavy (non-hydrogen) atoms. The quantitative estimate of drug-likeness (QED) is 0.376. The number of aryl methyl sites for hydroxylation is 1. The molecule has 0 fully saturated rings. The first kappa shape index (κ1) is 26.4. The number of carboxylic acid groups (broad SMARTS) is 1. The molecule has 0 bridgehead atoms. The van der Waals surface area contributed by atoms with Crippen LogP contribution in [0.1, 0.15) is 27.9 Å². The minimum Gasteiger partial charge on any atom is -0.493 e. The zero-order chi connectivity index (χ0) is 25.9. The molecule has 0 radical (unpaired) electrons. The molecule has 3 rings (SSSR count). The van der Waals surface area contributed by atoms with E-state index in [2.05, 4.69) is 12.1 Å². The summed E-state index contributed by atoms with van der Waals surface area (Å²) in [7, 11) is 4.52. The average Bonchev–Trinajstić information content (AvgIpc) is 2.90. The molecule has 190 valence electrons. The van der Waals surface area contributed by atoms with Gasteiger partial charge in [0, 0.05) is 18.7 Å². The third-order valence-electron chi connectivity index (χ3n) is 5.57. The van der Waals surface area contributed by atoms with Crippen LogP contribution in [0.15, 0.2) is 66.7 Å². The molecule has 3 aromatic rings. The van der Waals surface area contributed by atoms with E-state index in [0.717, 1.165) is 18.4 Å². The lowest BCUT2D eigenvalue weighted by Gasteiger charge is -2.24. The fourth-order valence-electron chi connectivity index (χ4n) is 3.86. The predicted octanol–water partition coefficient (Wildman–Crippen LogP) is 4.45. The van der Waals surface area contributed by atoms with E-state index in [1.807, 2.05) is 24.3 Å². The second-order valence-corrected chi connectivity index (χ2v) is 8.06. The van der Waals surface area contributed by atoms with Crippen molar-refractivity contribution in [2.24, 2.45) is 0 Å². The number of hydrogen-bond acceptors (Lipinski definition) is 6. The molecule has 0 aliphatic rings. The van der Waals surface area contributed by atoms with Crippen LogP contribution in [-0.2, 0) is 17.8 Å². The van der Waals surface area contributed by atoms with Gasteiger partial charge in [-0.05, 0) is 48.2 Å². The maximum absolute atomic E-state index is 13.7. The lowest BCUT2D eigenvalue weighted by atomic mass is 10.1. The van der Waals surface area contributed by atoms with Gasteiger partial charge in [-0.15, -0.1) is 0 Å². The van der Waals surface area contributed by atoms with Crippen LogP contribution in [-0.4, -0.2) is 56.4 Å². The lowest BCUT2D eigenvalue weighted by molar-refractivity contribution is -0.139. The van der Waals surface area contributed by atoms with Crippen molar-refractivity contribution in [2.45, 2.75) is 19.4 Å². The van der Waals surface area contributed by atoms with Crippen molar-refractivity contribution in [3.8, 4) is 23.0 Å². The molecule has 0 aliphatic heterocycles. The Morgan fingerprint density at radius 3 is 2.11 bits per heavy atom. The molecule has 1 amide bonds. The molecule has 8 nitrogen and oxygen atoms in total. The summed E-state index contributed by atoms with van der Waals surface area (Å²) >= 11 is 0. The number of nitrogens with zero attached hydrogens (tertiary/aromatic N) is 1. The summed E-state index contributed by atoms with van der Waals surface area (Å²) in [5.74, 6) is 0.386. The second-order valence-electron chi connectivity index (χ2n) is 8.06. The molecule has 1 N–H and O–H groups in total. The van der Waals surface area contributed by atoms with Crippen molar-refractivity contribution in [1.82, 2.24) is 4.90 Å². The third-order valence-corrected chi connectivity index (χ3v) is 5.57. The van der Waals surface area contributed by atoms with Crippen LogP contribution < -0.4 is 18.9 Å². The van der Waals surface area contributed by atoms with E-state index >= 15 is 0 Å². The van der Waals surface area contributed by atoms with E-state index in [4.69, 9.17) is 24.1 Å². The summed E-state index contributed by atoms with van der Waals surface area (Å²) in [6, 6.07) is 20.5. The number of aliphatic carboxylic acids is 1. The van der Waals surface area contributed by atoms with Gasteiger partial charge in [-0.1, -0.05) is 42.5 Å². The Morgan fingerprint density at radius 1 is 0.833 bits per heavy atom. The first-order chi connectivity index (χ1) is 17.4. The highest BCUT2D eigenvalue weighted by Gasteiger charge is 2.21.